The first kappa shape index (κ1) is 19.1. The van der Waals surface area contributed by atoms with Gasteiger partial charge in [-0.25, -0.2) is 5.43 Å². The second kappa shape index (κ2) is 8.81. The van der Waals surface area contributed by atoms with Crippen LogP contribution in [-0.2, 0) is 4.79 Å². The van der Waals surface area contributed by atoms with E-state index in [4.69, 9.17) is 11.6 Å². The molecule has 0 spiro atoms. The number of para-hydroxylation sites is 2. The Morgan fingerprint density at radius 1 is 1.19 bits per heavy atom. The number of hydrogen-bond acceptors (Lipinski definition) is 6. The molecule has 3 rings (SSSR count). The summed E-state index contributed by atoms with van der Waals surface area (Å²) in [5.41, 5.74) is 7.55. The zero-order valence-electron chi connectivity index (χ0n) is 14.4. The minimum Gasteiger partial charge on any atom is -0.378 e. The van der Waals surface area contributed by atoms with Crippen LogP contribution in [0, 0.1) is 16.0 Å². The fourth-order valence-electron chi connectivity index (χ4n) is 3.02. The molecule has 2 aromatic rings. The van der Waals surface area contributed by atoms with Crippen LogP contribution in [0.2, 0.25) is 5.02 Å². The van der Waals surface area contributed by atoms with Crippen LogP contribution in [0.15, 0.2) is 48.5 Å². The maximum Gasteiger partial charge on any atom is 0.292 e. The maximum atomic E-state index is 12.5. The van der Waals surface area contributed by atoms with Gasteiger partial charge in [0.05, 0.1) is 16.9 Å². The lowest BCUT2D eigenvalue weighted by Gasteiger charge is -2.18. The van der Waals surface area contributed by atoms with E-state index in [-0.39, 0.29) is 23.6 Å². The molecule has 9 heteroatoms. The van der Waals surface area contributed by atoms with E-state index in [0.29, 0.717) is 30.3 Å². The van der Waals surface area contributed by atoms with Crippen molar-refractivity contribution in [3.8, 4) is 0 Å². The highest BCUT2D eigenvalue weighted by Gasteiger charge is 2.33. The third-order valence-corrected chi connectivity index (χ3v) is 4.64. The van der Waals surface area contributed by atoms with Crippen molar-refractivity contribution in [2.45, 2.75) is 6.04 Å². The molecule has 1 fully saturated rings. The molecular weight excluding hydrogens is 370 g/mol. The molecule has 1 saturated heterocycles. The summed E-state index contributed by atoms with van der Waals surface area (Å²) >= 11 is 5.92. The number of amides is 1. The summed E-state index contributed by atoms with van der Waals surface area (Å²) in [5.74, 6) is -0.353. The van der Waals surface area contributed by atoms with Crippen LogP contribution >= 0.6 is 11.6 Å². The highest BCUT2D eigenvalue weighted by Crippen LogP contribution is 2.26. The zero-order chi connectivity index (χ0) is 19.2. The average Bonchev–Trinajstić information content (AvgIpc) is 3.16. The van der Waals surface area contributed by atoms with E-state index < -0.39 is 4.92 Å². The number of benzene rings is 2. The molecule has 0 radical (unpaired) electrons. The maximum absolute atomic E-state index is 12.5. The number of hydrazine groups is 1. The third kappa shape index (κ3) is 4.73. The van der Waals surface area contributed by atoms with E-state index in [2.05, 4.69) is 21.5 Å². The van der Waals surface area contributed by atoms with Gasteiger partial charge >= 0.3 is 0 Å². The van der Waals surface area contributed by atoms with Gasteiger partial charge in [-0.2, -0.15) is 0 Å². The first-order valence-electron chi connectivity index (χ1n) is 8.55. The number of nitro benzene ring substituents is 1. The lowest BCUT2D eigenvalue weighted by atomic mass is 9.94. The fourth-order valence-corrected chi connectivity index (χ4v) is 3.15. The second-order valence-electron chi connectivity index (χ2n) is 6.15. The molecule has 8 nitrogen and oxygen atoms in total. The molecule has 0 bridgehead atoms. The van der Waals surface area contributed by atoms with Gasteiger partial charge in [0.2, 0.25) is 5.91 Å². The number of hydrogen-bond donors (Lipinski definition) is 4. The first-order valence-corrected chi connectivity index (χ1v) is 8.93. The summed E-state index contributed by atoms with van der Waals surface area (Å²) < 4.78 is 0. The highest BCUT2D eigenvalue weighted by molar-refractivity contribution is 6.30. The first-order chi connectivity index (χ1) is 13.1. The molecule has 27 heavy (non-hydrogen) atoms. The molecule has 2 unspecified atom stereocenters. The second-order valence-corrected chi connectivity index (χ2v) is 6.59. The molecular formula is C18H20ClN5O3. The lowest BCUT2D eigenvalue weighted by Crippen LogP contribution is -2.37. The van der Waals surface area contributed by atoms with Crippen LogP contribution in [0.5, 0.6) is 0 Å². The SMILES string of the molecule is O=C(NCCNc1ccccc1[N+](=O)[O-])C1CNNC1c1ccc(Cl)cc1. The molecule has 2 atom stereocenters. The van der Waals surface area contributed by atoms with Gasteiger partial charge < -0.3 is 10.6 Å². The van der Waals surface area contributed by atoms with Gasteiger partial charge in [-0.05, 0) is 23.8 Å². The zero-order valence-corrected chi connectivity index (χ0v) is 15.2. The van der Waals surface area contributed by atoms with Gasteiger partial charge in [-0.1, -0.05) is 35.9 Å². The third-order valence-electron chi connectivity index (χ3n) is 4.39. The minimum atomic E-state index is -0.437. The Kier molecular flexibility index (Phi) is 6.23. The monoisotopic (exact) mass is 389 g/mol. The van der Waals surface area contributed by atoms with Crippen LogP contribution in [0.1, 0.15) is 11.6 Å². The average molecular weight is 390 g/mol. The van der Waals surface area contributed by atoms with Crippen LogP contribution in [0.25, 0.3) is 0 Å². The Balaban J connectivity index is 1.52. The standard InChI is InChI=1S/C18H20ClN5O3/c19-13-7-5-12(6-8-13)17-14(11-22-23-17)18(25)21-10-9-20-15-3-1-2-4-16(15)24(26)27/h1-8,14,17,20,22-23H,9-11H2,(H,21,25). The van der Waals surface area contributed by atoms with Crippen molar-refractivity contribution in [1.29, 1.82) is 0 Å². The Morgan fingerprint density at radius 2 is 1.93 bits per heavy atom. The molecule has 2 aromatic carbocycles. The smallest absolute Gasteiger partial charge is 0.292 e. The molecule has 0 aromatic heterocycles. The number of carbonyl (C=O) groups excluding carboxylic acids is 1. The van der Waals surface area contributed by atoms with Crippen molar-refractivity contribution in [2.75, 3.05) is 25.0 Å². The minimum absolute atomic E-state index is 0.0100. The molecule has 0 saturated carbocycles. The van der Waals surface area contributed by atoms with E-state index in [1.54, 1.807) is 30.3 Å². The largest absolute Gasteiger partial charge is 0.378 e. The van der Waals surface area contributed by atoms with Crippen molar-refractivity contribution in [1.82, 2.24) is 16.2 Å². The Labute approximate surface area is 161 Å². The quantitative estimate of drug-likeness (QED) is 0.328. The molecule has 142 valence electrons. The number of nitro groups is 1. The van der Waals surface area contributed by atoms with Gasteiger partial charge in [-0.3, -0.25) is 20.3 Å². The van der Waals surface area contributed by atoms with Crippen molar-refractivity contribution >= 4 is 28.9 Å². The topological polar surface area (TPSA) is 108 Å². The van der Waals surface area contributed by atoms with Crippen molar-refractivity contribution in [2.24, 2.45) is 5.92 Å². The van der Waals surface area contributed by atoms with Crippen molar-refractivity contribution < 1.29 is 9.72 Å². The predicted octanol–water partition coefficient (Wildman–Crippen LogP) is 2.24. The van der Waals surface area contributed by atoms with Gasteiger partial charge in [0.25, 0.3) is 5.69 Å². The van der Waals surface area contributed by atoms with Gasteiger partial charge in [0, 0.05) is 30.7 Å². The molecule has 0 aliphatic carbocycles. The number of rotatable bonds is 7. The number of nitrogens with one attached hydrogen (secondary N) is 4. The molecule has 1 amide bonds. The van der Waals surface area contributed by atoms with Gasteiger partial charge in [0.15, 0.2) is 0 Å². The molecule has 1 aliphatic heterocycles. The van der Waals surface area contributed by atoms with Crippen LogP contribution in [-0.4, -0.2) is 30.5 Å². The summed E-state index contributed by atoms with van der Waals surface area (Å²) in [6.07, 6.45) is 0. The fraction of sp³-hybridized carbons (Fsp3) is 0.278. The number of halogens is 1. The normalized spacial score (nSPS) is 18.9. The predicted molar refractivity (Wildman–Crippen MR) is 103 cm³/mol. The van der Waals surface area contributed by atoms with Crippen molar-refractivity contribution in [3.63, 3.8) is 0 Å². The van der Waals surface area contributed by atoms with Crippen LogP contribution in [0.3, 0.4) is 0 Å². The Morgan fingerprint density at radius 3 is 2.67 bits per heavy atom. The van der Waals surface area contributed by atoms with E-state index in [9.17, 15) is 14.9 Å². The highest BCUT2D eigenvalue weighted by atomic mass is 35.5. The van der Waals surface area contributed by atoms with Gasteiger partial charge in [-0.15, -0.1) is 0 Å². The summed E-state index contributed by atoms with van der Waals surface area (Å²) in [4.78, 5) is 23.1. The molecule has 1 heterocycles. The molecule has 1 aliphatic rings. The van der Waals surface area contributed by atoms with E-state index in [1.807, 2.05) is 12.1 Å². The van der Waals surface area contributed by atoms with Crippen molar-refractivity contribution in [3.05, 3.63) is 69.2 Å². The number of nitrogens with zero attached hydrogens (tertiary/aromatic N) is 1. The van der Waals surface area contributed by atoms with Crippen LogP contribution in [0.4, 0.5) is 11.4 Å². The molecule has 4 N–H and O–H groups in total. The van der Waals surface area contributed by atoms with Gasteiger partial charge in [0.1, 0.15) is 5.69 Å². The van der Waals surface area contributed by atoms with E-state index >= 15 is 0 Å². The lowest BCUT2D eigenvalue weighted by molar-refractivity contribution is -0.384. The summed E-state index contributed by atoms with van der Waals surface area (Å²) in [7, 11) is 0. The summed E-state index contributed by atoms with van der Waals surface area (Å²) in [6.45, 7) is 1.25. The van der Waals surface area contributed by atoms with E-state index in [1.165, 1.54) is 6.07 Å². The van der Waals surface area contributed by atoms with Crippen LogP contribution < -0.4 is 21.5 Å². The number of anilines is 1. The Bertz CT molecular complexity index is 815. The summed E-state index contributed by atoms with van der Waals surface area (Å²) in [5, 5.41) is 17.5. The number of carbonyl (C=O) groups is 1. The Hall–Kier alpha value is -2.68. The van der Waals surface area contributed by atoms with E-state index in [0.717, 1.165) is 5.56 Å². The summed E-state index contributed by atoms with van der Waals surface area (Å²) in [6, 6.07) is 13.6.